The molecule has 0 bridgehead atoms. The Bertz CT molecular complexity index is 1070. The third-order valence-electron chi connectivity index (χ3n) is 4.80. The lowest BCUT2D eigenvalue weighted by molar-refractivity contribution is -0.139. The maximum Gasteiger partial charge on any atom is 0.255 e. The van der Waals surface area contributed by atoms with Crippen LogP contribution in [0.4, 0.5) is 5.69 Å². The van der Waals surface area contributed by atoms with Crippen molar-refractivity contribution < 1.29 is 14.4 Å². The average molecular weight is 389 g/mol. The van der Waals surface area contributed by atoms with Crippen LogP contribution in [0.5, 0.6) is 0 Å². The number of hydrogen-bond acceptors (Lipinski definition) is 5. The molecule has 2 heterocycles. The average Bonchev–Trinajstić information content (AvgIpc) is 3.29. The van der Waals surface area contributed by atoms with Gasteiger partial charge in [-0.15, -0.1) is 10.2 Å². The van der Waals surface area contributed by atoms with Crippen molar-refractivity contribution in [2.75, 3.05) is 5.32 Å². The summed E-state index contributed by atoms with van der Waals surface area (Å²) >= 11 is 0. The van der Waals surface area contributed by atoms with Crippen LogP contribution in [0.15, 0.2) is 54.9 Å². The molecule has 0 atom stereocenters. The SMILES string of the molecule is Cn1cnnc1-c1cccc(NC(=O)c2ccc(CN3C(=O)CCC3=O)cc2)c1. The molecule has 0 saturated carbocycles. The van der Waals surface area contributed by atoms with Crippen molar-refractivity contribution in [3.63, 3.8) is 0 Å². The van der Waals surface area contributed by atoms with E-state index in [0.29, 0.717) is 17.1 Å². The maximum absolute atomic E-state index is 12.6. The van der Waals surface area contributed by atoms with Crippen LogP contribution >= 0.6 is 0 Å². The molecule has 1 aliphatic heterocycles. The number of aromatic nitrogens is 3. The molecule has 2 aromatic carbocycles. The molecule has 1 fully saturated rings. The molecule has 146 valence electrons. The highest BCUT2D eigenvalue weighted by Gasteiger charge is 2.28. The van der Waals surface area contributed by atoms with E-state index in [9.17, 15) is 14.4 Å². The first kappa shape index (κ1) is 18.5. The largest absolute Gasteiger partial charge is 0.322 e. The van der Waals surface area contributed by atoms with Crippen molar-refractivity contribution in [3.05, 3.63) is 66.0 Å². The lowest BCUT2D eigenvalue weighted by Gasteiger charge is -2.14. The molecule has 1 aromatic heterocycles. The van der Waals surface area contributed by atoms with E-state index in [-0.39, 0.29) is 37.1 Å². The molecule has 4 rings (SSSR count). The predicted molar refractivity (Wildman–Crippen MR) is 106 cm³/mol. The van der Waals surface area contributed by atoms with Crippen LogP contribution in [0.25, 0.3) is 11.4 Å². The lowest BCUT2D eigenvalue weighted by Crippen LogP contribution is -2.28. The highest BCUT2D eigenvalue weighted by Crippen LogP contribution is 2.21. The van der Waals surface area contributed by atoms with Gasteiger partial charge in [-0.05, 0) is 29.8 Å². The number of carbonyl (C=O) groups is 3. The van der Waals surface area contributed by atoms with Crippen molar-refractivity contribution in [2.45, 2.75) is 19.4 Å². The van der Waals surface area contributed by atoms with Crippen LogP contribution in [-0.4, -0.2) is 37.4 Å². The molecule has 1 saturated heterocycles. The summed E-state index contributed by atoms with van der Waals surface area (Å²) in [6.07, 6.45) is 2.16. The number of nitrogens with zero attached hydrogens (tertiary/aromatic N) is 4. The zero-order valence-corrected chi connectivity index (χ0v) is 15.8. The van der Waals surface area contributed by atoms with Gasteiger partial charge in [0.05, 0.1) is 6.54 Å². The molecule has 1 aliphatic rings. The van der Waals surface area contributed by atoms with Crippen molar-refractivity contribution in [3.8, 4) is 11.4 Å². The topological polar surface area (TPSA) is 97.2 Å². The fraction of sp³-hybridized carbons (Fsp3) is 0.190. The van der Waals surface area contributed by atoms with Gasteiger partial charge < -0.3 is 9.88 Å². The fourth-order valence-electron chi connectivity index (χ4n) is 3.23. The zero-order chi connectivity index (χ0) is 20.4. The Morgan fingerprint density at radius 3 is 2.45 bits per heavy atom. The van der Waals surface area contributed by atoms with E-state index in [1.165, 1.54) is 4.90 Å². The van der Waals surface area contributed by atoms with Gasteiger partial charge in [-0.1, -0.05) is 24.3 Å². The monoisotopic (exact) mass is 389 g/mol. The molecular weight excluding hydrogens is 370 g/mol. The number of carbonyl (C=O) groups excluding carboxylic acids is 3. The van der Waals surface area contributed by atoms with E-state index >= 15 is 0 Å². The number of rotatable bonds is 5. The fourth-order valence-corrected chi connectivity index (χ4v) is 3.23. The predicted octanol–water partition coefficient (Wildman–Crippen LogP) is 2.38. The number of amides is 3. The van der Waals surface area contributed by atoms with E-state index in [1.807, 2.05) is 25.2 Å². The smallest absolute Gasteiger partial charge is 0.255 e. The summed E-state index contributed by atoms with van der Waals surface area (Å²) in [5.74, 6) is 0.149. The molecule has 1 N–H and O–H groups in total. The Hall–Kier alpha value is -3.81. The van der Waals surface area contributed by atoms with Crippen LogP contribution in [-0.2, 0) is 23.2 Å². The molecule has 3 aromatic rings. The summed E-state index contributed by atoms with van der Waals surface area (Å²) in [6.45, 7) is 0.235. The standard InChI is InChI=1S/C21H19N5O3/c1-25-13-22-24-20(25)16-3-2-4-17(11-16)23-21(29)15-7-5-14(6-8-15)12-26-18(27)9-10-19(26)28/h2-8,11,13H,9-10,12H2,1H3,(H,23,29). The number of anilines is 1. The van der Waals surface area contributed by atoms with Crippen LogP contribution < -0.4 is 5.32 Å². The summed E-state index contributed by atoms with van der Waals surface area (Å²) < 4.78 is 1.80. The summed E-state index contributed by atoms with van der Waals surface area (Å²) in [5, 5.41) is 10.8. The molecule has 0 spiro atoms. The van der Waals surface area contributed by atoms with E-state index < -0.39 is 0 Å². The van der Waals surface area contributed by atoms with Gasteiger partial charge in [0.25, 0.3) is 5.91 Å². The minimum Gasteiger partial charge on any atom is -0.322 e. The summed E-state index contributed by atoms with van der Waals surface area (Å²) in [6, 6.07) is 14.2. The lowest BCUT2D eigenvalue weighted by atomic mass is 10.1. The molecule has 3 amide bonds. The second-order valence-corrected chi connectivity index (χ2v) is 6.87. The number of aryl methyl sites for hydroxylation is 1. The van der Waals surface area contributed by atoms with E-state index in [0.717, 1.165) is 11.1 Å². The van der Waals surface area contributed by atoms with Crippen molar-refractivity contribution in [1.29, 1.82) is 0 Å². The van der Waals surface area contributed by atoms with Gasteiger partial charge in [0.15, 0.2) is 5.82 Å². The molecule has 29 heavy (non-hydrogen) atoms. The highest BCUT2D eigenvalue weighted by molar-refractivity contribution is 6.04. The molecule has 8 nitrogen and oxygen atoms in total. The molecule has 8 heteroatoms. The highest BCUT2D eigenvalue weighted by atomic mass is 16.2. The first-order chi connectivity index (χ1) is 14.0. The second kappa shape index (κ2) is 7.67. The molecule has 0 unspecified atom stereocenters. The van der Waals surface area contributed by atoms with Crippen molar-refractivity contribution in [2.24, 2.45) is 7.05 Å². The molecule has 0 radical (unpaired) electrons. The maximum atomic E-state index is 12.6. The van der Waals surface area contributed by atoms with Crippen molar-refractivity contribution >= 4 is 23.4 Å². The first-order valence-electron chi connectivity index (χ1n) is 9.19. The Morgan fingerprint density at radius 1 is 1.07 bits per heavy atom. The Kier molecular flexibility index (Phi) is 4.90. The second-order valence-electron chi connectivity index (χ2n) is 6.87. The molecule has 0 aliphatic carbocycles. The van der Waals surface area contributed by atoms with Crippen LogP contribution in [0, 0.1) is 0 Å². The van der Waals surface area contributed by atoms with E-state index in [2.05, 4.69) is 15.5 Å². The Labute approximate surface area is 167 Å². The Morgan fingerprint density at radius 2 is 1.79 bits per heavy atom. The van der Waals surface area contributed by atoms with Gasteiger partial charge in [0, 0.05) is 36.7 Å². The quantitative estimate of drug-likeness (QED) is 0.676. The van der Waals surface area contributed by atoms with Gasteiger partial charge in [0.1, 0.15) is 6.33 Å². The van der Waals surface area contributed by atoms with E-state index in [4.69, 9.17) is 0 Å². The van der Waals surface area contributed by atoms with E-state index in [1.54, 1.807) is 41.2 Å². The Balaban J connectivity index is 1.44. The number of hydrogen-bond donors (Lipinski definition) is 1. The zero-order valence-electron chi connectivity index (χ0n) is 15.8. The summed E-state index contributed by atoms with van der Waals surface area (Å²) in [5.41, 5.74) is 2.78. The van der Waals surface area contributed by atoms with Crippen LogP contribution in [0.2, 0.25) is 0 Å². The summed E-state index contributed by atoms with van der Waals surface area (Å²) in [7, 11) is 1.85. The number of nitrogens with one attached hydrogen (secondary N) is 1. The van der Waals surface area contributed by atoms with Gasteiger partial charge in [-0.3, -0.25) is 19.3 Å². The van der Waals surface area contributed by atoms with Crippen LogP contribution in [0.3, 0.4) is 0 Å². The first-order valence-corrected chi connectivity index (χ1v) is 9.19. The summed E-state index contributed by atoms with van der Waals surface area (Å²) in [4.78, 5) is 37.3. The van der Waals surface area contributed by atoms with Crippen molar-refractivity contribution in [1.82, 2.24) is 19.7 Å². The van der Waals surface area contributed by atoms with Crippen LogP contribution in [0.1, 0.15) is 28.8 Å². The molecular formula is C21H19N5O3. The number of benzene rings is 2. The van der Waals surface area contributed by atoms with Gasteiger partial charge in [-0.2, -0.15) is 0 Å². The number of imide groups is 1. The normalized spacial score (nSPS) is 13.8. The minimum atomic E-state index is -0.250. The third-order valence-corrected chi connectivity index (χ3v) is 4.80. The number of likely N-dealkylation sites (tertiary alicyclic amines) is 1. The van der Waals surface area contributed by atoms with Gasteiger partial charge >= 0.3 is 0 Å². The van der Waals surface area contributed by atoms with Gasteiger partial charge in [-0.25, -0.2) is 0 Å². The van der Waals surface area contributed by atoms with Gasteiger partial charge in [0.2, 0.25) is 11.8 Å². The third kappa shape index (κ3) is 3.91. The minimum absolute atomic E-state index is 0.153.